The lowest BCUT2D eigenvalue weighted by Crippen LogP contribution is -2.29. The smallest absolute Gasteiger partial charge is 0.275 e. The van der Waals surface area contributed by atoms with Crippen LogP contribution in [0.1, 0.15) is 32.3 Å². The Balaban J connectivity index is 3.24. The number of nitro groups is 1. The first kappa shape index (κ1) is 14.6. The number of alkyl halides is 1. The van der Waals surface area contributed by atoms with Crippen LogP contribution >= 0.6 is 0 Å². The van der Waals surface area contributed by atoms with Gasteiger partial charge in [-0.2, -0.15) is 0 Å². The normalized spacial score (nSPS) is 14.5. The molecule has 100 valence electrons. The van der Waals surface area contributed by atoms with Crippen LogP contribution in [-0.4, -0.2) is 16.7 Å². The highest BCUT2D eigenvalue weighted by atomic mass is 19.1. The molecule has 0 aromatic heterocycles. The topological polar surface area (TPSA) is 63.4 Å². The zero-order valence-corrected chi connectivity index (χ0v) is 10.6. The Morgan fingerprint density at radius 2 is 2.06 bits per heavy atom. The fraction of sp³-hybridized carbons (Fsp3) is 0.538. The Morgan fingerprint density at radius 1 is 1.44 bits per heavy atom. The Labute approximate surface area is 106 Å². The van der Waals surface area contributed by atoms with E-state index in [0.717, 1.165) is 0 Å². The van der Waals surface area contributed by atoms with E-state index in [1.165, 1.54) is 18.2 Å². The quantitative estimate of drug-likeness (QED) is 0.627. The molecule has 1 unspecified atom stereocenters. The summed E-state index contributed by atoms with van der Waals surface area (Å²) in [5.41, 5.74) is -1.44. The van der Waals surface area contributed by atoms with Gasteiger partial charge in [0.1, 0.15) is 0 Å². The summed E-state index contributed by atoms with van der Waals surface area (Å²) >= 11 is 0. The minimum absolute atomic E-state index is 0.112. The maximum Gasteiger partial charge on any atom is 0.275 e. The molecular weight excluding hydrogens is 237 g/mol. The highest BCUT2D eigenvalue weighted by Gasteiger charge is 2.35. The van der Waals surface area contributed by atoms with Crippen LogP contribution in [0, 0.1) is 16.0 Å². The number of para-hydroxylation sites is 1. The number of hydrogen-bond acceptors (Lipinski definition) is 3. The molecular formula is C13H18FNO3. The van der Waals surface area contributed by atoms with Crippen LogP contribution < -0.4 is 0 Å². The first-order valence-corrected chi connectivity index (χ1v) is 5.93. The molecule has 0 fully saturated rings. The highest BCUT2D eigenvalue weighted by Crippen LogP contribution is 2.37. The SMILES string of the molecule is CC(C)CC(O)(CCF)c1ccccc1[N+](=O)[O-]. The van der Waals surface area contributed by atoms with E-state index in [1.54, 1.807) is 6.07 Å². The monoisotopic (exact) mass is 255 g/mol. The van der Waals surface area contributed by atoms with Crippen molar-refractivity contribution in [2.24, 2.45) is 5.92 Å². The van der Waals surface area contributed by atoms with Crippen molar-refractivity contribution in [3.8, 4) is 0 Å². The van der Waals surface area contributed by atoms with Gasteiger partial charge in [-0.25, -0.2) is 0 Å². The number of benzene rings is 1. The van der Waals surface area contributed by atoms with Gasteiger partial charge in [-0.05, 0) is 18.4 Å². The second kappa shape index (κ2) is 5.91. The van der Waals surface area contributed by atoms with E-state index < -0.39 is 17.2 Å². The molecule has 0 amide bonds. The van der Waals surface area contributed by atoms with Gasteiger partial charge >= 0.3 is 0 Å². The second-order valence-corrected chi connectivity index (χ2v) is 4.84. The Morgan fingerprint density at radius 3 is 2.56 bits per heavy atom. The number of nitrogens with zero attached hydrogens (tertiary/aromatic N) is 1. The lowest BCUT2D eigenvalue weighted by molar-refractivity contribution is -0.386. The molecule has 18 heavy (non-hydrogen) atoms. The largest absolute Gasteiger partial charge is 0.385 e. The summed E-state index contributed by atoms with van der Waals surface area (Å²) < 4.78 is 12.6. The summed E-state index contributed by atoms with van der Waals surface area (Å²) in [6.45, 7) is 3.06. The zero-order chi connectivity index (χ0) is 13.8. The van der Waals surface area contributed by atoms with Gasteiger partial charge in [-0.15, -0.1) is 0 Å². The van der Waals surface area contributed by atoms with E-state index >= 15 is 0 Å². The number of rotatable bonds is 6. The van der Waals surface area contributed by atoms with Gasteiger partial charge in [0.25, 0.3) is 5.69 Å². The second-order valence-electron chi connectivity index (χ2n) is 4.84. The Hall–Kier alpha value is -1.49. The molecule has 0 bridgehead atoms. The summed E-state index contributed by atoms with van der Waals surface area (Å²) in [7, 11) is 0. The van der Waals surface area contributed by atoms with Crippen molar-refractivity contribution < 1.29 is 14.4 Å². The zero-order valence-electron chi connectivity index (χ0n) is 10.6. The van der Waals surface area contributed by atoms with Gasteiger partial charge in [0.15, 0.2) is 0 Å². The molecule has 0 radical (unpaired) electrons. The van der Waals surface area contributed by atoms with Gasteiger partial charge < -0.3 is 5.11 Å². The third kappa shape index (κ3) is 3.26. The maximum absolute atomic E-state index is 12.6. The van der Waals surface area contributed by atoms with Crippen LogP contribution in [0.4, 0.5) is 10.1 Å². The molecule has 0 saturated heterocycles. The minimum atomic E-state index is -1.48. The fourth-order valence-corrected chi connectivity index (χ4v) is 2.20. The number of nitro benzene ring substituents is 1. The first-order valence-electron chi connectivity index (χ1n) is 5.93. The van der Waals surface area contributed by atoms with Crippen molar-refractivity contribution >= 4 is 5.69 Å². The predicted molar refractivity (Wildman–Crippen MR) is 67.0 cm³/mol. The third-order valence-corrected chi connectivity index (χ3v) is 2.86. The molecule has 1 atom stereocenters. The van der Waals surface area contributed by atoms with Gasteiger partial charge in [0.2, 0.25) is 0 Å². The third-order valence-electron chi connectivity index (χ3n) is 2.86. The average Bonchev–Trinajstić information content (AvgIpc) is 2.28. The van der Waals surface area contributed by atoms with Crippen molar-refractivity contribution in [1.82, 2.24) is 0 Å². The predicted octanol–water partition coefficient (Wildman–Crippen LogP) is 3.19. The highest BCUT2D eigenvalue weighted by molar-refractivity contribution is 5.43. The van der Waals surface area contributed by atoms with Crippen LogP contribution in [0.3, 0.4) is 0 Å². The molecule has 1 N–H and O–H groups in total. The van der Waals surface area contributed by atoms with Crippen molar-refractivity contribution in [3.63, 3.8) is 0 Å². The van der Waals surface area contributed by atoms with Gasteiger partial charge in [-0.1, -0.05) is 26.0 Å². The molecule has 0 saturated carbocycles. The number of aliphatic hydroxyl groups is 1. The summed E-state index contributed by atoms with van der Waals surface area (Å²) in [5, 5.41) is 21.5. The minimum Gasteiger partial charge on any atom is -0.385 e. The lowest BCUT2D eigenvalue weighted by Gasteiger charge is -2.29. The van der Waals surface area contributed by atoms with Gasteiger partial charge in [0, 0.05) is 12.5 Å². The molecule has 1 rings (SSSR count). The summed E-state index contributed by atoms with van der Waals surface area (Å²) in [4.78, 5) is 10.4. The van der Waals surface area contributed by atoms with Crippen LogP contribution in [0.25, 0.3) is 0 Å². The van der Waals surface area contributed by atoms with E-state index in [-0.39, 0.29) is 23.6 Å². The van der Waals surface area contributed by atoms with Crippen LogP contribution in [0.2, 0.25) is 0 Å². The van der Waals surface area contributed by atoms with E-state index in [9.17, 15) is 19.6 Å². The van der Waals surface area contributed by atoms with Crippen LogP contribution in [0.5, 0.6) is 0 Å². The molecule has 4 nitrogen and oxygen atoms in total. The number of hydrogen-bond donors (Lipinski definition) is 1. The summed E-state index contributed by atoms with van der Waals surface area (Å²) in [6.07, 6.45) is 0.164. The van der Waals surface area contributed by atoms with Crippen LogP contribution in [-0.2, 0) is 5.60 Å². The van der Waals surface area contributed by atoms with Crippen molar-refractivity contribution in [3.05, 3.63) is 39.9 Å². The molecule has 0 aliphatic heterocycles. The van der Waals surface area contributed by atoms with Crippen molar-refractivity contribution in [1.29, 1.82) is 0 Å². The molecule has 5 heteroatoms. The Bertz CT molecular complexity index is 422. The lowest BCUT2D eigenvalue weighted by atomic mass is 9.82. The van der Waals surface area contributed by atoms with Gasteiger partial charge in [0.05, 0.1) is 22.8 Å². The molecule has 0 aliphatic rings. The molecule has 1 aromatic carbocycles. The summed E-state index contributed by atoms with van der Waals surface area (Å²) in [6, 6.07) is 5.98. The Kier molecular flexibility index (Phi) is 4.78. The fourth-order valence-electron chi connectivity index (χ4n) is 2.20. The molecule has 0 heterocycles. The average molecular weight is 255 g/mol. The van der Waals surface area contributed by atoms with Gasteiger partial charge in [-0.3, -0.25) is 14.5 Å². The van der Waals surface area contributed by atoms with E-state index in [0.29, 0.717) is 6.42 Å². The summed E-state index contributed by atoms with van der Waals surface area (Å²) in [5.74, 6) is 0.112. The van der Waals surface area contributed by atoms with E-state index in [1.807, 2.05) is 13.8 Å². The molecule has 1 aromatic rings. The standard InChI is InChI=1S/C13H18FNO3/c1-10(2)9-13(16,7-8-14)11-5-3-4-6-12(11)15(17)18/h3-6,10,16H,7-9H2,1-2H3. The van der Waals surface area contributed by atoms with Crippen molar-refractivity contribution in [2.75, 3.05) is 6.67 Å². The van der Waals surface area contributed by atoms with E-state index in [4.69, 9.17) is 0 Å². The van der Waals surface area contributed by atoms with Crippen molar-refractivity contribution in [2.45, 2.75) is 32.3 Å². The van der Waals surface area contributed by atoms with Crippen LogP contribution in [0.15, 0.2) is 24.3 Å². The van der Waals surface area contributed by atoms with E-state index in [2.05, 4.69) is 0 Å². The molecule has 0 aliphatic carbocycles. The maximum atomic E-state index is 12.6. The molecule has 0 spiro atoms. The number of halogens is 1. The first-order chi connectivity index (χ1) is 8.40.